The van der Waals surface area contributed by atoms with Crippen molar-refractivity contribution >= 4 is 11.6 Å². The minimum Gasteiger partial charge on any atom is -0.385 e. The van der Waals surface area contributed by atoms with Crippen LogP contribution in [0.3, 0.4) is 0 Å². The molecule has 5 heteroatoms. The molecule has 1 aliphatic rings. The largest absolute Gasteiger partial charge is 0.385 e. The molecule has 0 aromatic carbocycles. The van der Waals surface area contributed by atoms with Crippen molar-refractivity contribution < 1.29 is 4.79 Å². The first-order valence-electron chi connectivity index (χ1n) is 7.74. The Morgan fingerprint density at radius 2 is 2.05 bits per heavy atom. The fourth-order valence-electron chi connectivity index (χ4n) is 2.33. The van der Waals surface area contributed by atoms with Gasteiger partial charge in [-0.05, 0) is 31.5 Å². The van der Waals surface area contributed by atoms with Crippen molar-refractivity contribution in [3.8, 4) is 0 Å². The zero-order valence-electron chi connectivity index (χ0n) is 13.3. The average Bonchev–Trinajstić information content (AvgIpc) is 2.47. The number of carbonyl (C=O) groups is 1. The molecule has 5 nitrogen and oxygen atoms in total. The number of amides is 1. The van der Waals surface area contributed by atoms with E-state index in [1.165, 1.54) is 0 Å². The van der Waals surface area contributed by atoms with Gasteiger partial charge < -0.3 is 15.1 Å². The molecule has 2 heterocycles. The molecule has 0 aliphatic carbocycles. The Kier molecular flexibility index (Phi) is 5.56. The van der Waals surface area contributed by atoms with Gasteiger partial charge in [-0.15, -0.1) is 0 Å². The molecule has 1 amide bonds. The molecule has 0 spiro atoms. The van der Waals surface area contributed by atoms with Crippen LogP contribution in [0.5, 0.6) is 0 Å². The Morgan fingerprint density at radius 3 is 2.71 bits per heavy atom. The van der Waals surface area contributed by atoms with Crippen molar-refractivity contribution in [2.75, 3.05) is 45.1 Å². The summed E-state index contributed by atoms with van der Waals surface area (Å²) in [6, 6.07) is 3.78. The SMILES string of the molecule is CC(C)CCNc1ccnc(C(=O)N2CCN(C)CC2)c1. The van der Waals surface area contributed by atoms with Crippen molar-refractivity contribution in [1.82, 2.24) is 14.8 Å². The van der Waals surface area contributed by atoms with E-state index in [1.54, 1.807) is 6.20 Å². The lowest BCUT2D eigenvalue weighted by Crippen LogP contribution is -2.47. The van der Waals surface area contributed by atoms with Crippen molar-refractivity contribution in [1.29, 1.82) is 0 Å². The van der Waals surface area contributed by atoms with Crippen LogP contribution in [0.15, 0.2) is 18.3 Å². The maximum Gasteiger partial charge on any atom is 0.272 e. The second-order valence-corrected chi connectivity index (χ2v) is 6.13. The molecule has 116 valence electrons. The number of piperazine rings is 1. The average molecular weight is 290 g/mol. The summed E-state index contributed by atoms with van der Waals surface area (Å²) in [4.78, 5) is 20.8. The maximum absolute atomic E-state index is 12.5. The second-order valence-electron chi connectivity index (χ2n) is 6.13. The highest BCUT2D eigenvalue weighted by Gasteiger charge is 2.21. The minimum atomic E-state index is 0.0376. The standard InChI is InChI=1S/C16H26N4O/c1-13(2)4-6-17-14-5-7-18-15(12-14)16(21)20-10-8-19(3)9-11-20/h5,7,12-13H,4,6,8-11H2,1-3H3,(H,17,18). The van der Waals surface area contributed by atoms with E-state index in [0.717, 1.165) is 44.8 Å². The van der Waals surface area contributed by atoms with Gasteiger partial charge in [0.25, 0.3) is 5.91 Å². The van der Waals surface area contributed by atoms with Crippen LogP contribution in [0.2, 0.25) is 0 Å². The van der Waals surface area contributed by atoms with Crippen molar-refractivity contribution in [3.63, 3.8) is 0 Å². The monoisotopic (exact) mass is 290 g/mol. The summed E-state index contributed by atoms with van der Waals surface area (Å²) in [5.74, 6) is 0.710. The van der Waals surface area contributed by atoms with Gasteiger partial charge in [-0.2, -0.15) is 0 Å². The maximum atomic E-state index is 12.5. The summed E-state index contributed by atoms with van der Waals surface area (Å²) >= 11 is 0. The summed E-state index contributed by atoms with van der Waals surface area (Å²) in [6.07, 6.45) is 2.82. The zero-order valence-corrected chi connectivity index (χ0v) is 13.3. The minimum absolute atomic E-state index is 0.0376. The molecule has 1 aromatic heterocycles. The number of rotatable bonds is 5. The number of hydrogen-bond donors (Lipinski definition) is 1. The van der Waals surface area contributed by atoms with Crippen molar-refractivity contribution in [2.45, 2.75) is 20.3 Å². The number of nitrogens with zero attached hydrogens (tertiary/aromatic N) is 3. The first-order valence-corrected chi connectivity index (χ1v) is 7.74. The van der Waals surface area contributed by atoms with Crippen LogP contribution >= 0.6 is 0 Å². The van der Waals surface area contributed by atoms with Gasteiger partial charge in [0, 0.05) is 44.6 Å². The number of nitrogens with one attached hydrogen (secondary N) is 1. The van der Waals surface area contributed by atoms with Crippen LogP contribution in [0.1, 0.15) is 30.8 Å². The van der Waals surface area contributed by atoms with Crippen LogP contribution in [-0.2, 0) is 0 Å². The van der Waals surface area contributed by atoms with Gasteiger partial charge in [0.15, 0.2) is 0 Å². The quantitative estimate of drug-likeness (QED) is 0.900. The summed E-state index contributed by atoms with van der Waals surface area (Å²) in [7, 11) is 2.08. The van der Waals surface area contributed by atoms with E-state index < -0.39 is 0 Å². The Bertz CT molecular complexity index is 467. The molecule has 1 aromatic rings. The van der Waals surface area contributed by atoms with Crippen LogP contribution in [0.4, 0.5) is 5.69 Å². The van der Waals surface area contributed by atoms with E-state index in [-0.39, 0.29) is 5.91 Å². The highest BCUT2D eigenvalue weighted by atomic mass is 16.2. The van der Waals surface area contributed by atoms with Crippen LogP contribution in [0.25, 0.3) is 0 Å². The molecular weight excluding hydrogens is 264 g/mol. The Hall–Kier alpha value is -1.62. The molecule has 0 unspecified atom stereocenters. The Morgan fingerprint density at radius 1 is 1.33 bits per heavy atom. The summed E-state index contributed by atoms with van der Waals surface area (Å²) < 4.78 is 0. The van der Waals surface area contributed by atoms with Gasteiger partial charge in [0.2, 0.25) is 0 Å². The summed E-state index contributed by atoms with van der Waals surface area (Å²) in [5.41, 5.74) is 1.51. The molecule has 0 saturated carbocycles. The molecule has 21 heavy (non-hydrogen) atoms. The van der Waals surface area contributed by atoms with E-state index in [9.17, 15) is 4.79 Å². The summed E-state index contributed by atoms with van der Waals surface area (Å²) in [5, 5.41) is 3.36. The summed E-state index contributed by atoms with van der Waals surface area (Å²) in [6.45, 7) is 8.75. The predicted molar refractivity (Wildman–Crippen MR) is 85.6 cm³/mol. The number of likely N-dealkylation sites (N-methyl/N-ethyl adjacent to an activating group) is 1. The van der Waals surface area contributed by atoms with E-state index in [1.807, 2.05) is 17.0 Å². The van der Waals surface area contributed by atoms with Gasteiger partial charge >= 0.3 is 0 Å². The van der Waals surface area contributed by atoms with Crippen molar-refractivity contribution in [3.05, 3.63) is 24.0 Å². The molecule has 0 radical (unpaired) electrons. The molecule has 0 atom stereocenters. The van der Waals surface area contributed by atoms with Crippen LogP contribution in [-0.4, -0.2) is 60.5 Å². The number of pyridine rings is 1. The fourth-order valence-corrected chi connectivity index (χ4v) is 2.33. The molecule has 1 fully saturated rings. The number of hydrogen-bond acceptors (Lipinski definition) is 4. The molecular formula is C16H26N4O. The predicted octanol–water partition coefficient (Wildman–Crippen LogP) is 1.93. The lowest BCUT2D eigenvalue weighted by Gasteiger charge is -2.32. The Balaban J connectivity index is 1.94. The normalized spacial score (nSPS) is 16.3. The lowest BCUT2D eigenvalue weighted by atomic mass is 10.1. The van der Waals surface area contributed by atoms with Crippen molar-refractivity contribution in [2.24, 2.45) is 5.92 Å². The molecule has 1 saturated heterocycles. The second kappa shape index (κ2) is 7.41. The molecule has 2 rings (SSSR count). The van der Waals surface area contributed by atoms with E-state index in [0.29, 0.717) is 11.6 Å². The van der Waals surface area contributed by atoms with Gasteiger partial charge in [0.05, 0.1) is 0 Å². The number of carbonyl (C=O) groups excluding carboxylic acids is 1. The zero-order chi connectivity index (χ0) is 15.2. The van der Waals surface area contributed by atoms with E-state index in [2.05, 4.69) is 36.1 Å². The third-order valence-electron chi connectivity index (χ3n) is 3.82. The molecule has 1 aliphatic heterocycles. The van der Waals surface area contributed by atoms with Gasteiger partial charge in [-0.1, -0.05) is 13.8 Å². The molecule has 1 N–H and O–H groups in total. The molecule has 0 bridgehead atoms. The van der Waals surface area contributed by atoms with E-state index >= 15 is 0 Å². The number of anilines is 1. The van der Waals surface area contributed by atoms with Gasteiger partial charge in [-0.3, -0.25) is 9.78 Å². The smallest absolute Gasteiger partial charge is 0.272 e. The first-order chi connectivity index (χ1) is 10.1. The first kappa shape index (κ1) is 15.8. The fraction of sp³-hybridized carbons (Fsp3) is 0.625. The number of aromatic nitrogens is 1. The van der Waals surface area contributed by atoms with Gasteiger partial charge in [0.1, 0.15) is 5.69 Å². The highest BCUT2D eigenvalue weighted by molar-refractivity contribution is 5.93. The topological polar surface area (TPSA) is 48.5 Å². The van der Waals surface area contributed by atoms with E-state index in [4.69, 9.17) is 0 Å². The highest BCUT2D eigenvalue weighted by Crippen LogP contribution is 2.12. The van der Waals surface area contributed by atoms with Crippen LogP contribution in [0, 0.1) is 5.92 Å². The Labute approximate surface area is 127 Å². The third-order valence-corrected chi connectivity index (χ3v) is 3.82. The van der Waals surface area contributed by atoms with Crippen LogP contribution < -0.4 is 5.32 Å². The third kappa shape index (κ3) is 4.70. The lowest BCUT2D eigenvalue weighted by molar-refractivity contribution is 0.0658. The van der Waals surface area contributed by atoms with Gasteiger partial charge in [-0.25, -0.2) is 0 Å².